The molecule has 0 aliphatic carbocycles. The van der Waals surface area contributed by atoms with Crippen LogP contribution in [0.1, 0.15) is 11.9 Å². The predicted molar refractivity (Wildman–Crippen MR) is 229 cm³/mol. The first-order valence-electron chi connectivity index (χ1n) is 23.6. The maximum Gasteiger partial charge on any atom is 0.187 e. The Morgan fingerprint density at radius 1 is 0.461 bits per heavy atom. The Hall–Kier alpha value is -2.65. The molecule has 7 rings (SSSR count). The predicted octanol–water partition coefficient (Wildman–Crippen LogP) is -11.9. The molecule has 12 unspecified atom stereocenters. The Morgan fingerprint density at radius 2 is 0.803 bits per heavy atom. The van der Waals surface area contributed by atoms with Gasteiger partial charge in [0, 0.05) is 12.1 Å². The maximum atomic E-state index is 13.8. The van der Waals surface area contributed by atoms with Crippen LogP contribution in [-0.2, 0) is 47.4 Å². The van der Waals surface area contributed by atoms with Crippen molar-refractivity contribution in [2.45, 2.75) is 178 Å². The molecule has 0 amide bonds. The topological polar surface area (TPSA) is 526 Å². The number of halogens is 2. The summed E-state index contributed by atoms with van der Waals surface area (Å²) < 4.78 is 83.2. The normalized spacial score (nSPS) is 44.2. The molecule has 436 valence electrons. The lowest BCUT2D eigenvalue weighted by atomic mass is 9.95. The van der Waals surface area contributed by atoms with Crippen molar-refractivity contribution in [1.29, 1.82) is 0 Å². The van der Waals surface area contributed by atoms with Gasteiger partial charge in [0.25, 0.3) is 0 Å². The number of aromatic amines is 1. The third kappa shape index (κ3) is 12.3. The lowest BCUT2D eigenvalue weighted by Gasteiger charge is -2.49. The van der Waals surface area contributed by atoms with Gasteiger partial charge in [0.15, 0.2) is 43.1 Å². The fourth-order valence-electron chi connectivity index (χ4n) is 9.30. The average Bonchev–Trinajstić information content (AvgIpc) is 3.82. The van der Waals surface area contributed by atoms with Gasteiger partial charge in [-0.2, -0.15) is 0 Å². The Kier molecular flexibility index (Phi) is 20.7. The lowest BCUT2D eigenvalue weighted by molar-refractivity contribution is -0.394. The first kappa shape index (κ1) is 61.0. The number of H-pyrrole nitrogens is 1. The van der Waals surface area contributed by atoms with Gasteiger partial charge >= 0.3 is 0 Å². The van der Waals surface area contributed by atoms with E-state index in [4.69, 9.17) is 47.4 Å². The number of aliphatic hydroxyl groups is 20. The van der Waals surface area contributed by atoms with Crippen molar-refractivity contribution in [2.24, 2.45) is 0 Å². The highest BCUT2D eigenvalue weighted by Crippen LogP contribution is 2.37. The van der Waals surface area contributed by atoms with Crippen LogP contribution in [0.25, 0.3) is 11.0 Å². The van der Waals surface area contributed by atoms with Gasteiger partial charge in [-0.25, -0.2) is 13.8 Å². The van der Waals surface area contributed by atoms with Gasteiger partial charge in [-0.3, -0.25) is 0 Å². The number of benzene rings is 1. The standard InChI is InChI=1S/C42H64F2N2O30/c43-9-1-11-12(2-10(9)44)46-37(45-11)26(61)21(56)32(13(53)3-47)72-39-28(63)22(57)34(15(5-49)68-39)74-41-30(65)24(59)36(17(7-51)70-41)76-42-31(66)25(60)35(18(8-52)71-42)75-40-29(64)23(58)33(16(6-50)69-40)73-38-27(62)20(55)19(54)14(4-48)67-38/h1-2,13-36,38-42,47-66H,3-8H2,(H,45,46)/t13?,14?,15?,16?,17?,18?,19-,20+,21+,22+,23+,24+,25+,26?,27?,28?,29?,30?,31?,32-,33-,34-,35-,36-,38-,39-,40-,41-,42-/m1/s1. The Bertz CT molecular complexity index is 2100. The minimum atomic E-state index is -2.27. The summed E-state index contributed by atoms with van der Waals surface area (Å²) in [5, 5.41) is 213. The molecule has 29 atom stereocenters. The molecule has 76 heavy (non-hydrogen) atoms. The highest BCUT2D eigenvalue weighted by atomic mass is 19.2. The fraction of sp³-hybridized carbons (Fsp3) is 0.833. The van der Waals surface area contributed by atoms with E-state index in [2.05, 4.69) is 9.97 Å². The largest absolute Gasteiger partial charge is 0.394 e. The summed E-state index contributed by atoms with van der Waals surface area (Å²) in [7, 11) is 0. The summed E-state index contributed by atoms with van der Waals surface area (Å²) in [5.74, 6) is -3.06. The second kappa shape index (κ2) is 25.9. The lowest BCUT2D eigenvalue weighted by Crippen LogP contribution is -2.68. The van der Waals surface area contributed by atoms with Crippen molar-refractivity contribution in [3.05, 3.63) is 29.6 Å². The number of aromatic nitrogens is 2. The zero-order chi connectivity index (χ0) is 55.8. The molecule has 32 nitrogen and oxygen atoms in total. The molecule has 5 aliphatic rings. The summed E-state index contributed by atoms with van der Waals surface area (Å²) in [4.78, 5) is 6.34. The van der Waals surface area contributed by atoms with E-state index < -0.39 is 235 Å². The van der Waals surface area contributed by atoms with Crippen molar-refractivity contribution in [3.8, 4) is 0 Å². The molecule has 5 aliphatic heterocycles. The first-order valence-corrected chi connectivity index (χ1v) is 23.6. The summed E-state index contributed by atoms with van der Waals surface area (Å²) >= 11 is 0. The monoisotopic (exact) mass is 1110 g/mol. The summed E-state index contributed by atoms with van der Waals surface area (Å²) in [6, 6.07) is 1.39. The van der Waals surface area contributed by atoms with Gasteiger partial charge < -0.3 is 154 Å². The Morgan fingerprint density at radius 3 is 1.18 bits per heavy atom. The maximum absolute atomic E-state index is 13.8. The number of fused-ring (bicyclic) bond motifs is 1. The number of rotatable bonds is 20. The number of imidazole rings is 1. The molecule has 34 heteroatoms. The zero-order valence-corrected chi connectivity index (χ0v) is 39.4. The molecular formula is C42H64F2N2O30. The molecule has 1 aromatic carbocycles. The van der Waals surface area contributed by atoms with Crippen LogP contribution in [0.5, 0.6) is 0 Å². The van der Waals surface area contributed by atoms with Gasteiger partial charge in [0.2, 0.25) is 0 Å². The fourth-order valence-corrected chi connectivity index (χ4v) is 9.30. The van der Waals surface area contributed by atoms with Crippen molar-refractivity contribution < 1.29 is 158 Å². The van der Waals surface area contributed by atoms with E-state index in [1.54, 1.807) is 0 Å². The van der Waals surface area contributed by atoms with E-state index in [1.807, 2.05) is 0 Å². The van der Waals surface area contributed by atoms with Crippen molar-refractivity contribution in [1.82, 2.24) is 9.97 Å². The molecule has 5 fully saturated rings. The van der Waals surface area contributed by atoms with Crippen molar-refractivity contribution in [2.75, 3.05) is 39.6 Å². The van der Waals surface area contributed by atoms with Crippen LogP contribution in [0, 0.1) is 11.6 Å². The van der Waals surface area contributed by atoms with Crippen LogP contribution >= 0.6 is 0 Å². The third-order valence-corrected chi connectivity index (χ3v) is 13.6. The van der Waals surface area contributed by atoms with E-state index >= 15 is 0 Å². The van der Waals surface area contributed by atoms with Crippen LogP contribution < -0.4 is 0 Å². The quantitative estimate of drug-likeness (QED) is 0.0585. The summed E-state index contributed by atoms with van der Waals surface area (Å²) in [6.07, 6.45) is -57.7. The van der Waals surface area contributed by atoms with Gasteiger partial charge in [-0.05, 0) is 0 Å². The second-order valence-electron chi connectivity index (χ2n) is 18.6. The van der Waals surface area contributed by atoms with Crippen LogP contribution in [-0.4, -0.2) is 324 Å². The molecule has 5 saturated heterocycles. The molecule has 21 N–H and O–H groups in total. The van der Waals surface area contributed by atoms with Crippen LogP contribution in [0.3, 0.4) is 0 Å². The van der Waals surface area contributed by atoms with Gasteiger partial charge in [-0.1, -0.05) is 0 Å². The number of hydrogen-bond donors (Lipinski definition) is 21. The summed E-state index contributed by atoms with van der Waals surface area (Å²) in [6.45, 7) is -6.17. The Balaban J connectivity index is 0.966. The number of ether oxygens (including phenoxy) is 10. The number of hydrogen-bond acceptors (Lipinski definition) is 31. The second-order valence-corrected chi connectivity index (χ2v) is 18.6. The van der Waals surface area contributed by atoms with Crippen LogP contribution in [0.15, 0.2) is 12.1 Å². The minimum absolute atomic E-state index is 0.115. The van der Waals surface area contributed by atoms with Gasteiger partial charge in [0.1, 0.15) is 152 Å². The number of nitrogens with one attached hydrogen (secondary N) is 1. The molecular weight excluding hydrogens is 1050 g/mol. The van der Waals surface area contributed by atoms with Crippen LogP contribution in [0.4, 0.5) is 8.78 Å². The molecule has 0 spiro atoms. The van der Waals surface area contributed by atoms with E-state index in [9.17, 15) is 111 Å². The highest BCUT2D eigenvalue weighted by Gasteiger charge is 2.57. The molecule has 0 radical (unpaired) electrons. The van der Waals surface area contributed by atoms with Gasteiger partial charge in [-0.15, -0.1) is 0 Å². The first-order chi connectivity index (χ1) is 36.0. The third-order valence-electron chi connectivity index (χ3n) is 13.6. The summed E-state index contributed by atoms with van der Waals surface area (Å²) in [5.41, 5.74) is -0.300. The zero-order valence-electron chi connectivity index (χ0n) is 39.4. The SMILES string of the molecule is OCC1O[C@H](O[C@@H]2C(CO)O[C@H](O[C@@H]3C(CO)O[C@H](O[C@@H]4C(CO)O[C@H](O[C@@H]5C(CO)O[C@H](O[C@H](C(O)CO)[C@@H](O)C(O)c6nc7cc(F)c(F)cc7[nH]6)C(O)[C@@H]5O)C(O)[C@@H]4O)C(O)[C@@H]3O)C(O)[C@@H]2O)C(O)[C@@H](O)[C@@H]1O. The smallest absolute Gasteiger partial charge is 0.187 e. The number of aliphatic hydroxyl groups excluding tert-OH is 20. The van der Waals surface area contributed by atoms with Crippen LogP contribution in [0.2, 0.25) is 0 Å². The molecule has 0 bridgehead atoms. The minimum Gasteiger partial charge on any atom is -0.394 e. The van der Waals surface area contributed by atoms with Crippen molar-refractivity contribution >= 4 is 11.0 Å². The van der Waals surface area contributed by atoms with E-state index in [0.717, 1.165) is 0 Å². The Labute approximate surface area is 426 Å². The molecule has 2 aromatic rings. The van der Waals surface area contributed by atoms with E-state index in [-0.39, 0.29) is 11.0 Å². The highest BCUT2D eigenvalue weighted by molar-refractivity contribution is 5.75. The van der Waals surface area contributed by atoms with E-state index in [1.165, 1.54) is 0 Å². The number of nitrogens with zero attached hydrogens (tertiary/aromatic N) is 1. The molecule has 1 aromatic heterocycles. The molecule has 6 heterocycles. The average molecular weight is 1110 g/mol. The molecule has 0 saturated carbocycles. The van der Waals surface area contributed by atoms with E-state index in [0.29, 0.717) is 12.1 Å². The van der Waals surface area contributed by atoms with Crippen molar-refractivity contribution in [3.63, 3.8) is 0 Å². The van der Waals surface area contributed by atoms with Gasteiger partial charge in [0.05, 0.1) is 50.7 Å².